The van der Waals surface area contributed by atoms with E-state index in [0.29, 0.717) is 6.04 Å². The molecule has 0 atom stereocenters. The predicted molar refractivity (Wildman–Crippen MR) is 94.9 cm³/mol. The predicted octanol–water partition coefficient (Wildman–Crippen LogP) is 3.75. The standard InChI is InChI=1S/C17H26N4S/c1-11-7-14-13(10-18-11)19-15(22-14)21(6)12-8-16(2,3)20-17(4,5)9-12/h7,10,12,20H,8-9H2,1-6H3. The van der Waals surface area contributed by atoms with Crippen LogP contribution in [-0.2, 0) is 0 Å². The maximum atomic E-state index is 4.79. The van der Waals surface area contributed by atoms with E-state index in [1.54, 1.807) is 11.3 Å². The summed E-state index contributed by atoms with van der Waals surface area (Å²) in [4.78, 5) is 11.5. The average molecular weight is 318 g/mol. The van der Waals surface area contributed by atoms with Gasteiger partial charge in [-0.25, -0.2) is 4.98 Å². The summed E-state index contributed by atoms with van der Waals surface area (Å²) < 4.78 is 1.22. The van der Waals surface area contributed by atoms with E-state index < -0.39 is 0 Å². The van der Waals surface area contributed by atoms with Gasteiger partial charge in [0.05, 0.1) is 10.9 Å². The van der Waals surface area contributed by atoms with Crippen molar-refractivity contribution in [2.45, 2.75) is 64.6 Å². The number of nitrogens with one attached hydrogen (secondary N) is 1. The highest BCUT2D eigenvalue weighted by atomic mass is 32.1. The molecule has 0 bridgehead atoms. The van der Waals surface area contributed by atoms with Gasteiger partial charge in [-0.1, -0.05) is 11.3 Å². The number of thiazole rings is 1. The second-order valence-corrected chi connectivity index (χ2v) is 8.86. The van der Waals surface area contributed by atoms with E-state index in [2.05, 4.69) is 56.0 Å². The number of anilines is 1. The lowest BCUT2D eigenvalue weighted by Gasteiger charge is -2.48. The SMILES string of the molecule is Cc1cc2sc(N(C)C3CC(C)(C)NC(C)(C)C3)nc2cn1. The minimum Gasteiger partial charge on any atom is -0.348 e. The van der Waals surface area contributed by atoms with E-state index in [1.807, 2.05) is 13.1 Å². The van der Waals surface area contributed by atoms with Gasteiger partial charge in [-0.15, -0.1) is 0 Å². The summed E-state index contributed by atoms with van der Waals surface area (Å²) in [5.41, 5.74) is 2.35. The molecule has 3 heterocycles. The van der Waals surface area contributed by atoms with Crippen LogP contribution in [0.15, 0.2) is 12.3 Å². The molecule has 1 fully saturated rings. The number of aromatic nitrogens is 2. The summed E-state index contributed by atoms with van der Waals surface area (Å²) in [6.07, 6.45) is 4.13. The van der Waals surface area contributed by atoms with Crippen LogP contribution in [0.1, 0.15) is 46.2 Å². The van der Waals surface area contributed by atoms with E-state index in [1.165, 1.54) is 4.70 Å². The number of hydrogen-bond donors (Lipinski definition) is 1. The Morgan fingerprint density at radius 1 is 1.23 bits per heavy atom. The van der Waals surface area contributed by atoms with Crippen molar-refractivity contribution in [1.82, 2.24) is 15.3 Å². The Labute approximate surface area is 137 Å². The number of piperidine rings is 1. The van der Waals surface area contributed by atoms with Gasteiger partial charge in [0.15, 0.2) is 5.13 Å². The van der Waals surface area contributed by atoms with Crippen LogP contribution in [0.25, 0.3) is 10.2 Å². The number of rotatable bonds is 2. The van der Waals surface area contributed by atoms with Gasteiger partial charge in [0, 0.05) is 29.9 Å². The lowest BCUT2D eigenvalue weighted by Crippen LogP contribution is -2.61. The molecule has 1 saturated heterocycles. The number of aryl methyl sites for hydroxylation is 1. The summed E-state index contributed by atoms with van der Waals surface area (Å²) in [7, 11) is 2.18. The molecular weight excluding hydrogens is 292 g/mol. The topological polar surface area (TPSA) is 41.0 Å². The largest absolute Gasteiger partial charge is 0.348 e. The third-order valence-electron chi connectivity index (χ3n) is 4.42. The molecule has 4 nitrogen and oxygen atoms in total. The Kier molecular flexibility index (Phi) is 3.68. The van der Waals surface area contributed by atoms with Gasteiger partial charge in [0.2, 0.25) is 0 Å². The first-order valence-electron chi connectivity index (χ1n) is 7.91. The summed E-state index contributed by atoms with van der Waals surface area (Å²) in [6.45, 7) is 11.2. The zero-order valence-electron chi connectivity index (χ0n) is 14.4. The maximum absolute atomic E-state index is 4.79. The van der Waals surface area contributed by atoms with E-state index in [4.69, 9.17) is 4.98 Å². The fourth-order valence-electron chi connectivity index (χ4n) is 3.77. The Morgan fingerprint density at radius 3 is 2.50 bits per heavy atom. The van der Waals surface area contributed by atoms with Crippen molar-refractivity contribution in [2.75, 3.05) is 11.9 Å². The minimum absolute atomic E-state index is 0.148. The fraction of sp³-hybridized carbons (Fsp3) is 0.647. The molecule has 2 aromatic rings. The molecule has 1 N–H and O–H groups in total. The summed E-state index contributed by atoms with van der Waals surface area (Å²) in [5, 5.41) is 4.85. The Hall–Kier alpha value is -1.20. The van der Waals surface area contributed by atoms with Gasteiger partial charge in [-0.05, 0) is 53.5 Å². The van der Waals surface area contributed by atoms with Crippen LogP contribution in [-0.4, -0.2) is 34.1 Å². The monoisotopic (exact) mass is 318 g/mol. The highest BCUT2D eigenvalue weighted by Crippen LogP contribution is 2.35. The van der Waals surface area contributed by atoms with Crippen LogP contribution < -0.4 is 10.2 Å². The maximum Gasteiger partial charge on any atom is 0.186 e. The van der Waals surface area contributed by atoms with Crippen molar-refractivity contribution in [3.05, 3.63) is 18.0 Å². The van der Waals surface area contributed by atoms with E-state index in [0.717, 1.165) is 29.2 Å². The summed E-state index contributed by atoms with van der Waals surface area (Å²) in [6, 6.07) is 2.63. The third kappa shape index (κ3) is 3.10. The zero-order chi connectivity index (χ0) is 16.1. The molecule has 0 aliphatic carbocycles. The molecule has 120 valence electrons. The molecule has 22 heavy (non-hydrogen) atoms. The normalized spacial score (nSPS) is 21.2. The van der Waals surface area contributed by atoms with Crippen LogP contribution in [0.4, 0.5) is 5.13 Å². The number of hydrogen-bond acceptors (Lipinski definition) is 5. The third-order valence-corrected chi connectivity index (χ3v) is 5.53. The number of nitrogens with zero attached hydrogens (tertiary/aromatic N) is 3. The van der Waals surface area contributed by atoms with Crippen LogP contribution >= 0.6 is 11.3 Å². The van der Waals surface area contributed by atoms with Gasteiger partial charge in [-0.2, -0.15) is 0 Å². The molecule has 0 aromatic carbocycles. The van der Waals surface area contributed by atoms with Crippen molar-refractivity contribution in [2.24, 2.45) is 0 Å². The van der Waals surface area contributed by atoms with Crippen molar-refractivity contribution >= 4 is 26.7 Å². The molecule has 3 rings (SSSR count). The smallest absolute Gasteiger partial charge is 0.186 e. The second-order valence-electron chi connectivity index (χ2n) is 7.86. The van der Waals surface area contributed by atoms with E-state index in [-0.39, 0.29) is 11.1 Å². The van der Waals surface area contributed by atoms with Crippen LogP contribution in [0.3, 0.4) is 0 Å². The van der Waals surface area contributed by atoms with Crippen molar-refractivity contribution in [3.8, 4) is 0 Å². The first-order chi connectivity index (χ1) is 10.2. The molecule has 2 aromatic heterocycles. The molecule has 0 amide bonds. The lowest BCUT2D eigenvalue weighted by atomic mass is 9.79. The van der Waals surface area contributed by atoms with Crippen LogP contribution in [0, 0.1) is 6.92 Å². The Morgan fingerprint density at radius 2 is 1.86 bits per heavy atom. The molecule has 0 unspecified atom stereocenters. The average Bonchev–Trinajstić information content (AvgIpc) is 2.76. The quantitative estimate of drug-likeness (QED) is 0.915. The van der Waals surface area contributed by atoms with Gasteiger partial charge >= 0.3 is 0 Å². The van der Waals surface area contributed by atoms with E-state index >= 15 is 0 Å². The fourth-order valence-corrected chi connectivity index (χ4v) is 4.83. The highest BCUT2D eigenvalue weighted by molar-refractivity contribution is 7.22. The molecule has 5 heteroatoms. The Bertz CT molecular complexity index is 673. The molecular formula is C17H26N4S. The minimum atomic E-state index is 0.148. The molecule has 0 spiro atoms. The van der Waals surface area contributed by atoms with Gasteiger partial charge in [0.25, 0.3) is 0 Å². The van der Waals surface area contributed by atoms with Gasteiger partial charge in [0.1, 0.15) is 5.52 Å². The van der Waals surface area contributed by atoms with Crippen molar-refractivity contribution in [3.63, 3.8) is 0 Å². The van der Waals surface area contributed by atoms with Crippen molar-refractivity contribution in [1.29, 1.82) is 0 Å². The van der Waals surface area contributed by atoms with E-state index in [9.17, 15) is 0 Å². The molecule has 0 saturated carbocycles. The van der Waals surface area contributed by atoms with Crippen molar-refractivity contribution < 1.29 is 0 Å². The van der Waals surface area contributed by atoms with Crippen LogP contribution in [0.5, 0.6) is 0 Å². The van der Waals surface area contributed by atoms with Gasteiger partial charge < -0.3 is 10.2 Å². The first kappa shape index (κ1) is 15.7. The number of pyridine rings is 1. The van der Waals surface area contributed by atoms with Crippen LogP contribution in [0.2, 0.25) is 0 Å². The summed E-state index contributed by atoms with van der Waals surface area (Å²) in [5.74, 6) is 0. The zero-order valence-corrected chi connectivity index (χ0v) is 15.2. The summed E-state index contributed by atoms with van der Waals surface area (Å²) >= 11 is 1.77. The lowest BCUT2D eigenvalue weighted by molar-refractivity contribution is 0.161. The molecule has 1 aliphatic rings. The highest BCUT2D eigenvalue weighted by Gasteiger charge is 2.39. The number of fused-ring (bicyclic) bond motifs is 1. The molecule has 0 radical (unpaired) electrons. The second kappa shape index (κ2) is 5.17. The molecule has 1 aliphatic heterocycles. The Balaban J connectivity index is 1.89. The first-order valence-corrected chi connectivity index (χ1v) is 8.72. The van der Waals surface area contributed by atoms with Gasteiger partial charge in [-0.3, -0.25) is 4.98 Å².